The van der Waals surface area contributed by atoms with Gasteiger partial charge in [0.1, 0.15) is 18.2 Å². The summed E-state index contributed by atoms with van der Waals surface area (Å²) in [6.07, 6.45) is 0.713. The van der Waals surface area contributed by atoms with Crippen LogP contribution < -0.4 is 4.74 Å². The molecule has 134 valence electrons. The van der Waals surface area contributed by atoms with Crippen LogP contribution in [0.4, 0.5) is 4.39 Å². The van der Waals surface area contributed by atoms with Gasteiger partial charge in [0.15, 0.2) is 0 Å². The fourth-order valence-electron chi connectivity index (χ4n) is 2.74. The van der Waals surface area contributed by atoms with Gasteiger partial charge in [-0.25, -0.2) is 4.39 Å². The Kier molecular flexibility index (Phi) is 5.97. The Hall–Kier alpha value is -2.72. The van der Waals surface area contributed by atoms with E-state index in [0.29, 0.717) is 19.4 Å². The van der Waals surface area contributed by atoms with Crippen LogP contribution in [-0.2, 0) is 13.0 Å². The fourth-order valence-corrected chi connectivity index (χ4v) is 2.74. The zero-order valence-corrected chi connectivity index (χ0v) is 14.7. The molecule has 3 aromatic rings. The molecule has 1 unspecified atom stereocenters. The first-order valence-corrected chi connectivity index (χ1v) is 8.68. The van der Waals surface area contributed by atoms with E-state index in [0.717, 1.165) is 28.3 Å². The van der Waals surface area contributed by atoms with Crippen LogP contribution in [0.2, 0.25) is 0 Å². The molecule has 0 radical (unpaired) electrons. The first-order valence-electron chi connectivity index (χ1n) is 8.68. The summed E-state index contributed by atoms with van der Waals surface area (Å²) in [5, 5.41) is 10.3. The minimum absolute atomic E-state index is 0.245. The lowest BCUT2D eigenvalue weighted by Gasteiger charge is -2.12. The highest BCUT2D eigenvalue weighted by atomic mass is 19.1. The molecule has 1 aromatic heterocycles. The minimum atomic E-state index is -0.562. The Bertz CT molecular complexity index is 832. The van der Waals surface area contributed by atoms with E-state index in [2.05, 4.69) is 4.98 Å². The summed E-state index contributed by atoms with van der Waals surface area (Å²) >= 11 is 0. The Morgan fingerprint density at radius 1 is 1.00 bits per heavy atom. The number of nitrogens with zero attached hydrogens (tertiary/aromatic N) is 1. The zero-order valence-electron chi connectivity index (χ0n) is 14.7. The third-order valence-electron chi connectivity index (χ3n) is 4.22. The van der Waals surface area contributed by atoms with Crippen LogP contribution in [0.5, 0.6) is 5.75 Å². The van der Waals surface area contributed by atoms with E-state index < -0.39 is 6.10 Å². The molecule has 0 spiro atoms. The van der Waals surface area contributed by atoms with Gasteiger partial charge in [0, 0.05) is 5.69 Å². The molecule has 2 aromatic carbocycles. The number of halogens is 1. The fraction of sp³-hybridized carbons (Fsp3) is 0.227. The molecule has 0 amide bonds. The van der Waals surface area contributed by atoms with E-state index in [-0.39, 0.29) is 5.82 Å². The van der Waals surface area contributed by atoms with Gasteiger partial charge in [0.05, 0.1) is 11.8 Å². The van der Waals surface area contributed by atoms with Crippen LogP contribution in [-0.4, -0.2) is 10.1 Å². The molecular formula is C22H22FNO2. The van der Waals surface area contributed by atoms with Crippen LogP contribution in [0.15, 0.2) is 66.7 Å². The molecule has 1 heterocycles. The van der Waals surface area contributed by atoms with Gasteiger partial charge in [0.2, 0.25) is 0 Å². The quantitative estimate of drug-likeness (QED) is 0.666. The number of benzene rings is 2. The van der Waals surface area contributed by atoms with Crippen LogP contribution in [0.3, 0.4) is 0 Å². The highest BCUT2D eigenvalue weighted by Crippen LogP contribution is 2.22. The van der Waals surface area contributed by atoms with Gasteiger partial charge in [0.25, 0.3) is 0 Å². The average molecular weight is 351 g/mol. The second-order valence-corrected chi connectivity index (χ2v) is 6.31. The van der Waals surface area contributed by atoms with Gasteiger partial charge in [-0.2, -0.15) is 0 Å². The van der Waals surface area contributed by atoms with Gasteiger partial charge >= 0.3 is 0 Å². The average Bonchev–Trinajstić information content (AvgIpc) is 2.66. The van der Waals surface area contributed by atoms with Crippen LogP contribution in [0, 0.1) is 12.7 Å². The first kappa shape index (κ1) is 18.1. The molecule has 3 nitrogen and oxygen atoms in total. The molecule has 0 bridgehead atoms. The molecule has 0 aliphatic carbocycles. The number of hydrogen-bond donors (Lipinski definition) is 1. The molecule has 0 saturated carbocycles. The van der Waals surface area contributed by atoms with Crippen molar-refractivity contribution >= 4 is 0 Å². The lowest BCUT2D eigenvalue weighted by atomic mass is 10.0. The summed E-state index contributed by atoms with van der Waals surface area (Å²) in [7, 11) is 0. The molecular weight excluding hydrogens is 329 g/mol. The zero-order chi connectivity index (χ0) is 18.4. The third kappa shape index (κ3) is 5.14. The monoisotopic (exact) mass is 351 g/mol. The highest BCUT2D eigenvalue weighted by Gasteiger charge is 2.08. The van der Waals surface area contributed by atoms with Crippen molar-refractivity contribution in [1.29, 1.82) is 0 Å². The Balaban J connectivity index is 1.52. The standard InChI is InChI=1S/C22H22FNO2/c1-16-3-2-4-20(24-16)15-26-21-12-8-18(9-13-21)22(25)14-7-17-5-10-19(23)11-6-17/h2-6,8-13,22,25H,7,14-15H2,1H3. The smallest absolute Gasteiger partial charge is 0.130 e. The number of hydrogen-bond acceptors (Lipinski definition) is 3. The maximum atomic E-state index is 12.9. The maximum Gasteiger partial charge on any atom is 0.130 e. The SMILES string of the molecule is Cc1cccc(COc2ccc(C(O)CCc3ccc(F)cc3)cc2)n1. The van der Waals surface area contributed by atoms with Crippen molar-refractivity contribution in [3.8, 4) is 5.75 Å². The maximum absolute atomic E-state index is 12.9. The lowest BCUT2D eigenvalue weighted by molar-refractivity contribution is 0.167. The van der Waals surface area contributed by atoms with Gasteiger partial charge in [-0.3, -0.25) is 4.98 Å². The Morgan fingerprint density at radius 2 is 1.73 bits per heavy atom. The second-order valence-electron chi connectivity index (χ2n) is 6.31. The first-order chi connectivity index (χ1) is 12.6. The van der Waals surface area contributed by atoms with Crippen LogP contribution in [0.1, 0.15) is 35.0 Å². The summed E-state index contributed by atoms with van der Waals surface area (Å²) in [6.45, 7) is 2.36. The van der Waals surface area contributed by atoms with E-state index in [1.165, 1.54) is 12.1 Å². The summed E-state index contributed by atoms with van der Waals surface area (Å²) in [4.78, 5) is 4.40. The largest absolute Gasteiger partial charge is 0.487 e. The summed E-state index contributed by atoms with van der Waals surface area (Å²) in [6, 6.07) is 19.7. The van der Waals surface area contributed by atoms with Crippen molar-refractivity contribution in [2.45, 2.75) is 32.5 Å². The predicted octanol–water partition coefficient (Wildman–Crippen LogP) is 4.77. The predicted molar refractivity (Wildman–Crippen MR) is 99.4 cm³/mol. The molecule has 0 fully saturated rings. The normalized spacial score (nSPS) is 12.0. The van der Waals surface area contributed by atoms with Crippen molar-refractivity contribution in [1.82, 2.24) is 4.98 Å². The van der Waals surface area contributed by atoms with E-state index in [4.69, 9.17) is 4.74 Å². The lowest BCUT2D eigenvalue weighted by Crippen LogP contribution is -2.01. The Labute approximate surface area is 153 Å². The molecule has 26 heavy (non-hydrogen) atoms. The molecule has 1 atom stereocenters. The molecule has 1 N–H and O–H groups in total. The van der Waals surface area contributed by atoms with Gasteiger partial charge in [-0.1, -0.05) is 30.3 Å². The number of ether oxygens (including phenoxy) is 1. The van der Waals surface area contributed by atoms with E-state index in [1.807, 2.05) is 49.4 Å². The van der Waals surface area contributed by atoms with Gasteiger partial charge in [-0.05, 0) is 67.3 Å². The molecule has 0 aliphatic heterocycles. The van der Waals surface area contributed by atoms with Crippen molar-refractivity contribution in [2.75, 3.05) is 0 Å². The van der Waals surface area contributed by atoms with E-state index in [1.54, 1.807) is 12.1 Å². The van der Waals surface area contributed by atoms with Gasteiger partial charge in [-0.15, -0.1) is 0 Å². The summed E-state index contributed by atoms with van der Waals surface area (Å²) < 4.78 is 18.7. The molecule has 4 heteroatoms. The second kappa shape index (κ2) is 8.59. The molecule has 0 saturated heterocycles. The van der Waals surface area contributed by atoms with Crippen LogP contribution >= 0.6 is 0 Å². The molecule has 3 rings (SSSR count). The van der Waals surface area contributed by atoms with Crippen molar-refractivity contribution < 1.29 is 14.2 Å². The number of pyridine rings is 1. The number of aryl methyl sites for hydroxylation is 2. The van der Waals surface area contributed by atoms with Crippen molar-refractivity contribution in [3.05, 3.63) is 95.1 Å². The van der Waals surface area contributed by atoms with Crippen LogP contribution in [0.25, 0.3) is 0 Å². The summed E-state index contributed by atoms with van der Waals surface area (Å²) in [5.74, 6) is 0.494. The third-order valence-corrected chi connectivity index (χ3v) is 4.22. The van der Waals surface area contributed by atoms with E-state index >= 15 is 0 Å². The number of aliphatic hydroxyl groups excluding tert-OH is 1. The number of aromatic nitrogens is 1. The number of rotatable bonds is 7. The topological polar surface area (TPSA) is 42.4 Å². The van der Waals surface area contributed by atoms with Crippen molar-refractivity contribution in [2.24, 2.45) is 0 Å². The Morgan fingerprint density at radius 3 is 2.42 bits per heavy atom. The minimum Gasteiger partial charge on any atom is -0.487 e. The van der Waals surface area contributed by atoms with E-state index in [9.17, 15) is 9.50 Å². The number of aliphatic hydroxyl groups is 1. The highest BCUT2D eigenvalue weighted by molar-refractivity contribution is 5.29. The van der Waals surface area contributed by atoms with Crippen molar-refractivity contribution in [3.63, 3.8) is 0 Å². The summed E-state index contributed by atoms with van der Waals surface area (Å²) in [5.41, 5.74) is 3.70. The van der Waals surface area contributed by atoms with Gasteiger partial charge < -0.3 is 9.84 Å². The molecule has 0 aliphatic rings.